The first-order valence-corrected chi connectivity index (χ1v) is 12.8. The molecule has 0 spiro atoms. The molecule has 5 rings (SSSR count). The number of benzene rings is 2. The maximum Gasteiger partial charge on any atom is 0.257 e. The molecule has 2 aromatic carbocycles. The first-order valence-electron chi connectivity index (χ1n) is 11.8. The molecule has 0 bridgehead atoms. The summed E-state index contributed by atoms with van der Waals surface area (Å²) in [7, 11) is 3.98. The summed E-state index contributed by atoms with van der Waals surface area (Å²) < 4.78 is 0. The second-order valence-corrected chi connectivity index (χ2v) is 11.2. The molecule has 2 N–H and O–H groups in total. The lowest BCUT2D eigenvalue weighted by Gasteiger charge is -2.38. The van der Waals surface area contributed by atoms with E-state index in [9.17, 15) is 9.59 Å². The number of aromatic nitrogens is 2. The van der Waals surface area contributed by atoms with Gasteiger partial charge in [-0.3, -0.25) is 9.59 Å². The molecular weight excluding hydrogens is 456 g/mol. The third kappa shape index (κ3) is 4.65. The number of nitrogens with one attached hydrogen (secondary N) is 2. The number of thioether (sulfide) groups is 1. The molecule has 180 valence electrons. The van der Waals surface area contributed by atoms with Gasteiger partial charge in [-0.15, -0.1) is 0 Å². The van der Waals surface area contributed by atoms with E-state index in [1.807, 2.05) is 61.5 Å². The number of ketones is 1. The monoisotopic (exact) mass is 486 g/mol. The summed E-state index contributed by atoms with van der Waals surface area (Å²) in [6, 6.07) is 18.2. The largest absolute Gasteiger partial charge is 0.378 e. The number of anilines is 2. The molecule has 2 heterocycles. The number of nitrogens with zero attached hydrogens (tertiary/aromatic N) is 2. The van der Waals surface area contributed by atoms with Crippen molar-refractivity contribution >= 4 is 29.1 Å². The Kier molecular flexibility index (Phi) is 6.05. The first-order chi connectivity index (χ1) is 16.7. The molecule has 35 heavy (non-hydrogen) atoms. The van der Waals surface area contributed by atoms with Crippen LogP contribution in [-0.4, -0.2) is 29.8 Å². The fourth-order valence-electron chi connectivity index (χ4n) is 4.99. The Morgan fingerprint density at radius 2 is 1.74 bits per heavy atom. The van der Waals surface area contributed by atoms with Crippen molar-refractivity contribution in [3.05, 3.63) is 92.9 Å². The Morgan fingerprint density at radius 1 is 1.03 bits per heavy atom. The lowest BCUT2D eigenvalue weighted by Crippen LogP contribution is -2.37. The van der Waals surface area contributed by atoms with Gasteiger partial charge in [0.2, 0.25) is 0 Å². The molecule has 6 nitrogen and oxygen atoms in total. The van der Waals surface area contributed by atoms with E-state index in [0.717, 1.165) is 28.9 Å². The van der Waals surface area contributed by atoms with Crippen LogP contribution in [0.1, 0.15) is 49.3 Å². The molecule has 0 fully saturated rings. The Morgan fingerprint density at radius 3 is 2.43 bits per heavy atom. The van der Waals surface area contributed by atoms with Gasteiger partial charge in [-0.05, 0) is 35.1 Å². The third-order valence-electron chi connectivity index (χ3n) is 6.66. The predicted octanol–water partition coefficient (Wildman–Crippen LogP) is 5.33. The van der Waals surface area contributed by atoms with E-state index in [1.54, 1.807) is 0 Å². The quantitative estimate of drug-likeness (QED) is 0.375. The van der Waals surface area contributed by atoms with Gasteiger partial charge in [0, 0.05) is 49.1 Å². The lowest BCUT2D eigenvalue weighted by molar-refractivity contribution is -0.118. The van der Waals surface area contributed by atoms with Crippen LogP contribution < -0.4 is 15.8 Å². The van der Waals surface area contributed by atoms with Crippen LogP contribution in [0.15, 0.2) is 75.8 Å². The van der Waals surface area contributed by atoms with Crippen LogP contribution in [0.25, 0.3) is 0 Å². The molecule has 0 amide bonds. The Bertz CT molecular complexity index is 1360. The summed E-state index contributed by atoms with van der Waals surface area (Å²) in [5, 5.41) is 3.97. The number of Topliss-reactive ketones (excluding diaryl/α,β-unsaturated/α-hetero) is 1. The lowest BCUT2D eigenvalue weighted by atomic mass is 9.69. The van der Waals surface area contributed by atoms with E-state index >= 15 is 0 Å². The SMILES string of the molecule is CN(C)c1ccc(C2C3=C(CC(C)(C)CC3=O)Nc3nc(SCc4ccccc4)[nH]c(=O)c32)cc1. The molecular formula is C28H30N4O2S. The van der Waals surface area contributed by atoms with Crippen LogP contribution in [0.2, 0.25) is 0 Å². The van der Waals surface area contributed by atoms with Crippen molar-refractivity contribution in [3.63, 3.8) is 0 Å². The Labute approximate surface area is 209 Å². The zero-order valence-corrected chi connectivity index (χ0v) is 21.3. The maximum atomic E-state index is 13.5. The zero-order chi connectivity index (χ0) is 24.7. The highest BCUT2D eigenvalue weighted by Crippen LogP contribution is 2.47. The number of hydrogen-bond acceptors (Lipinski definition) is 6. The molecule has 2 aliphatic rings. The minimum absolute atomic E-state index is 0.0954. The molecule has 1 unspecified atom stereocenters. The standard InChI is InChI=1S/C28H30N4O2S/c1-28(2)14-20-23(21(33)15-28)22(18-10-12-19(13-11-18)32(3)4)24-25(29-20)30-27(31-26(24)34)35-16-17-8-6-5-7-9-17/h5-13,22H,14-16H2,1-4H3,(H2,29,30,31,34). The number of fused-ring (bicyclic) bond motifs is 1. The topological polar surface area (TPSA) is 78.1 Å². The maximum absolute atomic E-state index is 13.5. The fourth-order valence-corrected chi connectivity index (χ4v) is 5.80. The Hall–Kier alpha value is -3.32. The van der Waals surface area contributed by atoms with Gasteiger partial charge in [-0.25, -0.2) is 4.98 Å². The van der Waals surface area contributed by atoms with Gasteiger partial charge < -0.3 is 15.2 Å². The molecule has 1 aliphatic heterocycles. The van der Waals surface area contributed by atoms with Gasteiger partial charge in [0.25, 0.3) is 5.56 Å². The van der Waals surface area contributed by atoms with Crippen molar-refractivity contribution in [2.75, 3.05) is 24.3 Å². The highest BCUT2D eigenvalue weighted by Gasteiger charge is 2.42. The van der Waals surface area contributed by atoms with E-state index in [1.165, 1.54) is 11.8 Å². The van der Waals surface area contributed by atoms with E-state index in [-0.39, 0.29) is 16.8 Å². The van der Waals surface area contributed by atoms with Gasteiger partial charge in [0.1, 0.15) is 5.82 Å². The van der Waals surface area contributed by atoms with E-state index < -0.39 is 5.92 Å². The molecule has 0 saturated heterocycles. The van der Waals surface area contributed by atoms with Crippen LogP contribution in [0.4, 0.5) is 11.5 Å². The predicted molar refractivity (Wildman–Crippen MR) is 142 cm³/mol. The highest BCUT2D eigenvalue weighted by atomic mass is 32.2. The van der Waals surface area contributed by atoms with E-state index in [2.05, 4.69) is 36.3 Å². The number of carbonyl (C=O) groups excluding carboxylic acids is 1. The van der Waals surface area contributed by atoms with Crippen molar-refractivity contribution in [1.29, 1.82) is 0 Å². The summed E-state index contributed by atoms with van der Waals surface area (Å²) >= 11 is 1.50. The van der Waals surface area contributed by atoms with Crippen LogP contribution in [0.3, 0.4) is 0 Å². The zero-order valence-electron chi connectivity index (χ0n) is 20.5. The summed E-state index contributed by atoms with van der Waals surface area (Å²) in [5.74, 6) is 0.913. The molecule has 1 aromatic heterocycles. The van der Waals surface area contributed by atoms with Crippen LogP contribution >= 0.6 is 11.8 Å². The second-order valence-electron chi connectivity index (χ2n) is 10.3. The number of allylic oxidation sites excluding steroid dienone is 2. The molecule has 3 aromatic rings. The van der Waals surface area contributed by atoms with Gasteiger partial charge in [-0.2, -0.15) is 0 Å². The Balaban J connectivity index is 1.59. The second kappa shape index (κ2) is 9.04. The highest BCUT2D eigenvalue weighted by molar-refractivity contribution is 7.98. The van der Waals surface area contributed by atoms with E-state index in [4.69, 9.17) is 4.98 Å². The normalized spacial score (nSPS) is 18.5. The van der Waals surface area contributed by atoms with Crippen molar-refractivity contribution in [1.82, 2.24) is 9.97 Å². The summed E-state index contributed by atoms with van der Waals surface area (Å²) in [5.41, 5.74) is 4.90. The van der Waals surface area contributed by atoms with Crippen LogP contribution in [-0.2, 0) is 10.5 Å². The minimum Gasteiger partial charge on any atom is -0.378 e. The van der Waals surface area contributed by atoms with Gasteiger partial charge in [0.05, 0.1) is 5.56 Å². The van der Waals surface area contributed by atoms with Crippen LogP contribution in [0.5, 0.6) is 0 Å². The number of H-pyrrole nitrogens is 1. The van der Waals surface area contributed by atoms with E-state index in [0.29, 0.717) is 34.3 Å². The van der Waals surface area contributed by atoms with Crippen molar-refractivity contribution in [2.45, 2.75) is 43.5 Å². The fraction of sp³-hybridized carbons (Fsp3) is 0.321. The third-order valence-corrected chi connectivity index (χ3v) is 7.61. The van der Waals surface area contributed by atoms with Gasteiger partial charge in [-0.1, -0.05) is 68.1 Å². The smallest absolute Gasteiger partial charge is 0.257 e. The minimum atomic E-state index is -0.439. The first kappa shape index (κ1) is 23.4. The summed E-state index contributed by atoms with van der Waals surface area (Å²) in [4.78, 5) is 36.7. The van der Waals surface area contributed by atoms with Crippen molar-refractivity contribution < 1.29 is 4.79 Å². The molecule has 0 radical (unpaired) electrons. The molecule has 7 heteroatoms. The van der Waals surface area contributed by atoms with Crippen LogP contribution in [0, 0.1) is 5.41 Å². The number of rotatable bonds is 5. The summed E-state index contributed by atoms with van der Waals surface area (Å²) in [6.07, 6.45) is 1.20. The van der Waals surface area contributed by atoms with Gasteiger partial charge in [0.15, 0.2) is 10.9 Å². The average Bonchev–Trinajstić information content (AvgIpc) is 2.81. The molecule has 1 aliphatic carbocycles. The number of hydrogen-bond donors (Lipinski definition) is 2. The van der Waals surface area contributed by atoms with Crippen molar-refractivity contribution in [2.24, 2.45) is 5.41 Å². The average molecular weight is 487 g/mol. The number of aromatic amines is 1. The summed E-state index contributed by atoms with van der Waals surface area (Å²) in [6.45, 7) is 4.22. The van der Waals surface area contributed by atoms with Crippen molar-refractivity contribution in [3.8, 4) is 0 Å². The molecule has 0 saturated carbocycles. The number of carbonyl (C=O) groups is 1. The van der Waals surface area contributed by atoms with Gasteiger partial charge >= 0.3 is 0 Å². The molecule has 1 atom stereocenters.